The number of likely N-dealkylation sites (N-methyl/N-ethyl adjacent to an activating group) is 1. The van der Waals surface area contributed by atoms with Crippen LogP contribution in [0.1, 0.15) is 36.7 Å². The smallest absolute Gasteiger partial charge is 0.291 e. The monoisotopic (exact) mass is 239 g/mol. The summed E-state index contributed by atoms with van der Waals surface area (Å²) in [4.78, 5) is 17.9. The molecule has 0 aliphatic rings. The minimum atomic E-state index is -0.215. The van der Waals surface area contributed by atoms with Gasteiger partial charge in [0, 0.05) is 19.5 Å². The maximum Gasteiger partial charge on any atom is 0.291 e. The van der Waals surface area contributed by atoms with E-state index in [1.54, 1.807) is 0 Å². The highest BCUT2D eigenvalue weighted by atomic mass is 16.2. The molecular weight excluding hydrogens is 218 g/mol. The van der Waals surface area contributed by atoms with E-state index in [0.29, 0.717) is 6.54 Å². The third kappa shape index (κ3) is 4.52. The van der Waals surface area contributed by atoms with Gasteiger partial charge in [0.25, 0.3) is 5.91 Å². The van der Waals surface area contributed by atoms with Crippen LogP contribution in [0.25, 0.3) is 0 Å². The Hall–Kier alpha value is -1.43. The van der Waals surface area contributed by atoms with Crippen LogP contribution in [0.15, 0.2) is 0 Å². The van der Waals surface area contributed by atoms with E-state index < -0.39 is 0 Å². The number of carbonyl (C=O) groups is 1. The lowest BCUT2D eigenvalue weighted by atomic mass is 10.3. The fourth-order valence-corrected chi connectivity index (χ4v) is 1.34. The van der Waals surface area contributed by atoms with Crippen LogP contribution in [-0.4, -0.2) is 52.7 Å². The normalized spacial score (nSPS) is 10.8. The lowest BCUT2D eigenvalue weighted by Gasteiger charge is -2.13. The fraction of sp³-hybridized carbons (Fsp3) is 0.727. The Bertz CT molecular complexity index is 349. The number of H-pyrrole nitrogens is 1. The van der Waals surface area contributed by atoms with Gasteiger partial charge in [-0.1, -0.05) is 13.8 Å². The summed E-state index contributed by atoms with van der Waals surface area (Å²) in [6, 6.07) is 0. The zero-order valence-electron chi connectivity index (χ0n) is 10.8. The molecule has 0 aromatic carbocycles. The third-order valence-electron chi connectivity index (χ3n) is 2.54. The summed E-state index contributed by atoms with van der Waals surface area (Å²) in [5, 5.41) is 9.45. The van der Waals surface area contributed by atoms with Gasteiger partial charge >= 0.3 is 0 Å². The molecule has 0 saturated heterocycles. The number of aromatic amines is 1. The Morgan fingerprint density at radius 1 is 1.47 bits per heavy atom. The average Bonchev–Trinajstić information content (AvgIpc) is 2.78. The maximum absolute atomic E-state index is 11.7. The van der Waals surface area contributed by atoms with Gasteiger partial charge in [-0.3, -0.25) is 9.89 Å². The van der Waals surface area contributed by atoms with E-state index in [4.69, 9.17) is 0 Å². The molecule has 0 saturated carbocycles. The second-order valence-electron chi connectivity index (χ2n) is 4.01. The van der Waals surface area contributed by atoms with Crippen LogP contribution in [0, 0.1) is 0 Å². The van der Waals surface area contributed by atoms with E-state index in [9.17, 15) is 4.79 Å². The molecular formula is C11H21N5O. The zero-order chi connectivity index (χ0) is 12.7. The van der Waals surface area contributed by atoms with Crippen LogP contribution in [0.5, 0.6) is 0 Å². The van der Waals surface area contributed by atoms with E-state index >= 15 is 0 Å². The average molecular weight is 239 g/mol. The van der Waals surface area contributed by atoms with Gasteiger partial charge in [0.2, 0.25) is 5.82 Å². The molecule has 0 fully saturated rings. The molecule has 0 aliphatic carbocycles. The Balaban J connectivity index is 2.36. The van der Waals surface area contributed by atoms with Crippen molar-refractivity contribution in [3.8, 4) is 0 Å². The minimum absolute atomic E-state index is 0.215. The first-order valence-electron chi connectivity index (χ1n) is 6.05. The number of nitrogens with one attached hydrogen (secondary N) is 2. The molecule has 0 aliphatic heterocycles. The maximum atomic E-state index is 11.7. The SMILES string of the molecule is CCCc1nc(C(=O)NCCN(C)CC)n[nH]1. The van der Waals surface area contributed by atoms with Crippen molar-refractivity contribution in [2.45, 2.75) is 26.7 Å². The summed E-state index contributed by atoms with van der Waals surface area (Å²) < 4.78 is 0. The standard InChI is InChI=1S/C11H21N5O/c1-4-6-9-13-10(15-14-9)11(17)12-7-8-16(3)5-2/h4-8H2,1-3H3,(H,12,17)(H,13,14,15). The minimum Gasteiger partial charge on any atom is -0.348 e. The molecule has 6 heteroatoms. The van der Waals surface area contributed by atoms with E-state index in [1.165, 1.54) is 0 Å². The second kappa shape index (κ2) is 7.01. The van der Waals surface area contributed by atoms with Crippen molar-refractivity contribution in [2.24, 2.45) is 0 Å². The summed E-state index contributed by atoms with van der Waals surface area (Å²) >= 11 is 0. The number of rotatable bonds is 7. The molecule has 6 nitrogen and oxygen atoms in total. The van der Waals surface area contributed by atoms with Crippen LogP contribution in [0.4, 0.5) is 0 Å². The van der Waals surface area contributed by atoms with Crippen molar-refractivity contribution in [1.82, 2.24) is 25.4 Å². The molecule has 0 atom stereocenters. The predicted molar refractivity (Wildman–Crippen MR) is 65.9 cm³/mol. The van der Waals surface area contributed by atoms with Gasteiger partial charge in [-0.05, 0) is 20.0 Å². The van der Waals surface area contributed by atoms with Crippen molar-refractivity contribution >= 4 is 5.91 Å². The number of amides is 1. The highest BCUT2D eigenvalue weighted by Crippen LogP contribution is 1.96. The van der Waals surface area contributed by atoms with Crippen LogP contribution < -0.4 is 5.32 Å². The fourth-order valence-electron chi connectivity index (χ4n) is 1.34. The number of hydrogen-bond donors (Lipinski definition) is 2. The molecule has 0 unspecified atom stereocenters. The molecule has 1 aromatic heterocycles. The second-order valence-corrected chi connectivity index (χ2v) is 4.01. The van der Waals surface area contributed by atoms with Crippen LogP contribution >= 0.6 is 0 Å². The summed E-state index contributed by atoms with van der Waals surface area (Å²) in [5.74, 6) is 0.782. The molecule has 17 heavy (non-hydrogen) atoms. The third-order valence-corrected chi connectivity index (χ3v) is 2.54. The predicted octanol–water partition coefficient (Wildman–Crippen LogP) is 0.439. The van der Waals surface area contributed by atoms with Crippen LogP contribution in [0.2, 0.25) is 0 Å². The van der Waals surface area contributed by atoms with Crippen molar-refractivity contribution in [3.63, 3.8) is 0 Å². The molecule has 1 rings (SSSR count). The lowest BCUT2D eigenvalue weighted by molar-refractivity contribution is 0.0940. The number of nitrogens with zero attached hydrogens (tertiary/aromatic N) is 3. The topological polar surface area (TPSA) is 73.9 Å². The van der Waals surface area contributed by atoms with Gasteiger partial charge in [-0.2, -0.15) is 0 Å². The van der Waals surface area contributed by atoms with E-state index in [0.717, 1.165) is 31.8 Å². The van der Waals surface area contributed by atoms with Crippen molar-refractivity contribution in [2.75, 3.05) is 26.7 Å². The largest absolute Gasteiger partial charge is 0.348 e. The Labute approximate surface area is 102 Å². The first-order chi connectivity index (χ1) is 8.17. The lowest BCUT2D eigenvalue weighted by Crippen LogP contribution is -2.33. The summed E-state index contributed by atoms with van der Waals surface area (Å²) in [6.45, 7) is 6.55. The van der Waals surface area contributed by atoms with Gasteiger partial charge in [0.05, 0.1) is 0 Å². The molecule has 1 heterocycles. The Kier molecular flexibility index (Phi) is 5.62. The van der Waals surface area contributed by atoms with Gasteiger partial charge < -0.3 is 10.2 Å². The van der Waals surface area contributed by atoms with Gasteiger partial charge in [0.15, 0.2) is 0 Å². The molecule has 0 radical (unpaired) electrons. The summed E-state index contributed by atoms with van der Waals surface area (Å²) in [5.41, 5.74) is 0. The molecule has 0 bridgehead atoms. The molecule has 0 spiro atoms. The number of carbonyl (C=O) groups excluding carboxylic acids is 1. The first kappa shape index (κ1) is 13.6. The van der Waals surface area contributed by atoms with Crippen LogP contribution in [0.3, 0.4) is 0 Å². The van der Waals surface area contributed by atoms with E-state index in [-0.39, 0.29) is 11.7 Å². The zero-order valence-corrected chi connectivity index (χ0v) is 10.8. The van der Waals surface area contributed by atoms with Gasteiger partial charge in [-0.15, -0.1) is 5.10 Å². The van der Waals surface area contributed by atoms with Crippen molar-refractivity contribution in [3.05, 3.63) is 11.6 Å². The summed E-state index contributed by atoms with van der Waals surface area (Å²) in [6.07, 6.45) is 1.80. The molecule has 96 valence electrons. The van der Waals surface area contributed by atoms with Crippen LogP contribution in [-0.2, 0) is 6.42 Å². The Morgan fingerprint density at radius 2 is 2.24 bits per heavy atom. The number of aromatic nitrogens is 3. The highest BCUT2D eigenvalue weighted by molar-refractivity contribution is 5.90. The van der Waals surface area contributed by atoms with E-state index in [1.807, 2.05) is 7.05 Å². The number of aryl methyl sites for hydroxylation is 1. The molecule has 1 aromatic rings. The Morgan fingerprint density at radius 3 is 2.88 bits per heavy atom. The van der Waals surface area contributed by atoms with E-state index in [2.05, 4.69) is 39.2 Å². The quantitative estimate of drug-likeness (QED) is 0.724. The first-order valence-corrected chi connectivity index (χ1v) is 6.05. The van der Waals surface area contributed by atoms with Crippen molar-refractivity contribution in [1.29, 1.82) is 0 Å². The highest BCUT2D eigenvalue weighted by Gasteiger charge is 2.11. The van der Waals surface area contributed by atoms with Gasteiger partial charge in [-0.25, -0.2) is 4.98 Å². The molecule has 2 N–H and O–H groups in total. The van der Waals surface area contributed by atoms with Gasteiger partial charge in [0.1, 0.15) is 5.82 Å². The number of hydrogen-bond acceptors (Lipinski definition) is 4. The molecule has 1 amide bonds. The summed E-state index contributed by atoms with van der Waals surface area (Å²) in [7, 11) is 2.01. The van der Waals surface area contributed by atoms with Crippen molar-refractivity contribution < 1.29 is 4.79 Å².